The van der Waals surface area contributed by atoms with Crippen LogP contribution in [0.1, 0.15) is 28.5 Å². The summed E-state index contributed by atoms with van der Waals surface area (Å²) in [5.74, 6) is -1.47. The van der Waals surface area contributed by atoms with E-state index in [-0.39, 0.29) is 5.69 Å². The van der Waals surface area contributed by atoms with E-state index < -0.39 is 29.2 Å². The van der Waals surface area contributed by atoms with Crippen LogP contribution in [0.25, 0.3) is 0 Å². The maximum atomic E-state index is 12.6. The van der Waals surface area contributed by atoms with Crippen LogP contribution in [-0.2, 0) is 12.6 Å². The van der Waals surface area contributed by atoms with E-state index in [1.54, 1.807) is 6.92 Å². The van der Waals surface area contributed by atoms with Crippen LogP contribution in [0, 0.1) is 0 Å². The largest absolute Gasteiger partial charge is 0.492 e. The molecule has 116 valence electrons. The topological polar surface area (TPSA) is 88.0 Å². The number of alkyl halides is 3. The first-order valence-electron chi connectivity index (χ1n) is 6.19. The predicted molar refractivity (Wildman–Crippen MR) is 70.3 cm³/mol. The van der Waals surface area contributed by atoms with Crippen molar-refractivity contribution in [1.29, 1.82) is 0 Å². The van der Waals surface area contributed by atoms with Gasteiger partial charge in [0.25, 0.3) is 5.91 Å². The smallest absolute Gasteiger partial charge is 0.417 e. The first-order valence-corrected chi connectivity index (χ1v) is 6.19. The lowest BCUT2D eigenvalue weighted by atomic mass is 10.1. The third-order valence-electron chi connectivity index (χ3n) is 2.83. The molecule has 0 spiro atoms. The molecular weight excluding hydrogens is 301 g/mol. The minimum atomic E-state index is -4.64. The van der Waals surface area contributed by atoms with Crippen LogP contribution in [0.5, 0.6) is 5.88 Å². The number of halogens is 3. The highest BCUT2D eigenvalue weighted by atomic mass is 19.4. The van der Waals surface area contributed by atoms with Crippen LogP contribution in [0.3, 0.4) is 0 Å². The SMILES string of the molecule is CCc1cncnc1C(=O)Nc1cc(C(F)(F)F)cnc1O. The molecule has 9 heteroatoms. The fourth-order valence-electron chi connectivity index (χ4n) is 1.71. The third-order valence-corrected chi connectivity index (χ3v) is 2.83. The van der Waals surface area contributed by atoms with Gasteiger partial charge in [-0.3, -0.25) is 4.79 Å². The van der Waals surface area contributed by atoms with E-state index in [2.05, 4.69) is 20.3 Å². The van der Waals surface area contributed by atoms with Crippen LogP contribution < -0.4 is 5.32 Å². The molecule has 0 aliphatic rings. The zero-order valence-electron chi connectivity index (χ0n) is 11.3. The van der Waals surface area contributed by atoms with Gasteiger partial charge in [-0.15, -0.1) is 0 Å². The second-order valence-corrected chi connectivity index (χ2v) is 4.30. The number of aromatic nitrogens is 3. The van der Waals surface area contributed by atoms with Crippen molar-refractivity contribution in [3.8, 4) is 5.88 Å². The van der Waals surface area contributed by atoms with Crippen molar-refractivity contribution in [3.63, 3.8) is 0 Å². The number of carbonyl (C=O) groups excluding carboxylic acids is 1. The highest BCUT2D eigenvalue weighted by Gasteiger charge is 2.32. The van der Waals surface area contributed by atoms with Crippen molar-refractivity contribution in [3.05, 3.63) is 41.6 Å². The number of hydrogen-bond acceptors (Lipinski definition) is 5. The zero-order valence-corrected chi connectivity index (χ0v) is 11.3. The highest BCUT2D eigenvalue weighted by Crippen LogP contribution is 2.33. The Balaban J connectivity index is 2.32. The maximum Gasteiger partial charge on any atom is 0.417 e. The number of hydrogen-bond donors (Lipinski definition) is 2. The van der Waals surface area contributed by atoms with Gasteiger partial charge in [-0.25, -0.2) is 15.0 Å². The Morgan fingerprint density at radius 1 is 1.32 bits per heavy atom. The van der Waals surface area contributed by atoms with Gasteiger partial charge < -0.3 is 10.4 Å². The van der Waals surface area contributed by atoms with Crippen molar-refractivity contribution in [1.82, 2.24) is 15.0 Å². The summed E-state index contributed by atoms with van der Waals surface area (Å²) >= 11 is 0. The molecule has 0 atom stereocenters. The molecule has 2 aromatic heterocycles. The van der Waals surface area contributed by atoms with Gasteiger partial charge in [-0.2, -0.15) is 13.2 Å². The number of anilines is 1. The molecule has 2 aromatic rings. The second kappa shape index (κ2) is 5.96. The van der Waals surface area contributed by atoms with E-state index in [9.17, 15) is 23.1 Å². The summed E-state index contributed by atoms with van der Waals surface area (Å²) < 4.78 is 37.9. The average molecular weight is 312 g/mol. The number of carbonyl (C=O) groups is 1. The number of aryl methyl sites for hydroxylation is 1. The van der Waals surface area contributed by atoms with E-state index in [1.807, 2.05) is 0 Å². The molecule has 2 N–H and O–H groups in total. The van der Waals surface area contributed by atoms with E-state index >= 15 is 0 Å². The van der Waals surface area contributed by atoms with Crippen LogP contribution in [0.2, 0.25) is 0 Å². The molecule has 0 saturated heterocycles. The van der Waals surface area contributed by atoms with E-state index in [0.29, 0.717) is 24.2 Å². The molecule has 0 aliphatic carbocycles. The molecule has 2 rings (SSSR count). The van der Waals surface area contributed by atoms with E-state index in [0.717, 1.165) is 6.33 Å². The Morgan fingerprint density at radius 2 is 2.05 bits per heavy atom. The molecule has 2 heterocycles. The van der Waals surface area contributed by atoms with Gasteiger partial charge in [0.2, 0.25) is 5.88 Å². The number of nitrogens with one attached hydrogen (secondary N) is 1. The van der Waals surface area contributed by atoms with Crippen LogP contribution in [0.4, 0.5) is 18.9 Å². The van der Waals surface area contributed by atoms with Crippen LogP contribution in [0.15, 0.2) is 24.8 Å². The average Bonchev–Trinajstić information content (AvgIpc) is 2.48. The van der Waals surface area contributed by atoms with Crippen molar-refractivity contribution in [2.24, 2.45) is 0 Å². The Bertz CT molecular complexity index is 704. The molecule has 0 bridgehead atoms. The molecule has 0 saturated carbocycles. The summed E-state index contributed by atoms with van der Waals surface area (Å²) in [4.78, 5) is 22.9. The molecule has 1 amide bonds. The minimum Gasteiger partial charge on any atom is -0.492 e. The van der Waals surface area contributed by atoms with Crippen LogP contribution >= 0.6 is 0 Å². The summed E-state index contributed by atoms with van der Waals surface area (Å²) in [5.41, 5.74) is -0.978. The zero-order chi connectivity index (χ0) is 16.3. The lowest BCUT2D eigenvalue weighted by Crippen LogP contribution is -2.17. The first-order chi connectivity index (χ1) is 10.3. The van der Waals surface area contributed by atoms with E-state index in [4.69, 9.17) is 0 Å². The van der Waals surface area contributed by atoms with Gasteiger partial charge in [0, 0.05) is 18.0 Å². The molecule has 22 heavy (non-hydrogen) atoms. The third kappa shape index (κ3) is 3.30. The summed E-state index contributed by atoms with van der Waals surface area (Å²) in [6.07, 6.45) is -1.10. The van der Waals surface area contributed by atoms with Gasteiger partial charge in [-0.05, 0) is 12.5 Å². The molecule has 6 nitrogen and oxygen atoms in total. The van der Waals surface area contributed by atoms with Crippen molar-refractivity contribution in [2.45, 2.75) is 19.5 Å². The quantitative estimate of drug-likeness (QED) is 0.908. The van der Waals surface area contributed by atoms with Crippen molar-refractivity contribution >= 4 is 11.6 Å². The number of aromatic hydroxyl groups is 1. The highest BCUT2D eigenvalue weighted by molar-refractivity contribution is 6.04. The van der Waals surface area contributed by atoms with Crippen molar-refractivity contribution in [2.75, 3.05) is 5.32 Å². The number of nitrogens with zero attached hydrogens (tertiary/aromatic N) is 3. The Morgan fingerprint density at radius 3 is 2.68 bits per heavy atom. The first kappa shape index (κ1) is 15.7. The summed E-state index contributed by atoms with van der Waals surface area (Å²) in [6, 6.07) is 0.604. The van der Waals surface area contributed by atoms with Crippen LogP contribution in [-0.4, -0.2) is 26.0 Å². The van der Waals surface area contributed by atoms with Gasteiger partial charge >= 0.3 is 6.18 Å². The number of pyridine rings is 1. The molecule has 0 fully saturated rings. The molecule has 0 unspecified atom stereocenters. The fraction of sp³-hybridized carbons (Fsp3) is 0.231. The number of amides is 1. The molecule has 0 aromatic carbocycles. The van der Waals surface area contributed by atoms with Gasteiger partial charge in [0.15, 0.2) is 0 Å². The summed E-state index contributed by atoms with van der Waals surface area (Å²) in [6.45, 7) is 1.78. The van der Waals surface area contributed by atoms with Gasteiger partial charge in [0.1, 0.15) is 17.7 Å². The molecular formula is C13H11F3N4O2. The van der Waals surface area contributed by atoms with E-state index in [1.165, 1.54) is 6.20 Å². The minimum absolute atomic E-state index is 0.0225. The van der Waals surface area contributed by atoms with Crippen molar-refractivity contribution < 1.29 is 23.1 Å². The lowest BCUT2D eigenvalue weighted by molar-refractivity contribution is -0.137. The Kier molecular flexibility index (Phi) is 4.25. The number of rotatable bonds is 3. The lowest BCUT2D eigenvalue weighted by Gasteiger charge is -2.11. The maximum absolute atomic E-state index is 12.6. The Labute approximate surface area is 123 Å². The monoisotopic (exact) mass is 312 g/mol. The molecule has 0 radical (unpaired) electrons. The predicted octanol–water partition coefficient (Wildman–Crippen LogP) is 2.41. The Hall–Kier alpha value is -2.71. The second-order valence-electron chi connectivity index (χ2n) is 4.30. The summed E-state index contributed by atoms with van der Waals surface area (Å²) in [7, 11) is 0. The van der Waals surface area contributed by atoms with Gasteiger partial charge in [0.05, 0.1) is 5.56 Å². The molecule has 0 aliphatic heterocycles. The van der Waals surface area contributed by atoms with Gasteiger partial charge in [-0.1, -0.05) is 6.92 Å². The fourth-order valence-corrected chi connectivity index (χ4v) is 1.71. The normalized spacial score (nSPS) is 11.3. The summed E-state index contributed by atoms with van der Waals surface area (Å²) in [5, 5.41) is 11.7. The standard InChI is InChI=1S/C13H11F3N4O2/c1-2-7-4-17-6-19-10(7)12(22)20-9-3-8(13(14,15)16)5-18-11(9)21/h3-6H,2H2,1H3,(H,18,21)(H,20,22).